The van der Waals surface area contributed by atoms with E-state index in [0.29, 0.717) is 55.0 Å². The number of H-pyrrole nitrogens is 1. The highest BCUT2D eigenvalue weighted by Gasteiger charge is 2.24. The number of allylic oxidation sites excluding steroid dienone is 2. The number of benzene rings is 1. The molecule has 0 aliphatic heterocycles. The number of nitrogens with one attached hydrogen (secondary N) is 1. The quantitative estimate of drug-likeness (QED) is 0.619. The Morgan fingerprint density at radius 3 is 2.78 bits per heavy atom. The van der Waals surface area contributed by atoms with Crippen LogP contribution in [0.5, 0.6) is 5.75 Å². The smallest absolute Gasteiger partial charge is 0.308 e. The summed E-state index contributed by atoms with van der Waals surface area (Å²) in [5.74, 6) is 0.919. The number of nitrogens with zero attached hydrogens (tertiary/aromatic N) is 1. The molecule has 1 aromatic carbocycles. The summed E-state index contributed by atoms with van der Waals surface area (Å²) in [6, 6.07) is 3.63. The summed E-state index contributed by atoms with van der Waals surface area (Å²) in [5.41, 5.74) is 2.34. The molecule has 1 unspecified atom stereocenters. The molecule has 1 aliphatic carbocycles. The molecular formula is C20H24N2O5. The van der Waals surface area contributed by atoms with Crippen LogP contribution in [0.4, 0.5) is 0 Å². The molecule has 1 N–H and O–H groups in total. The second-order valence-electron chi connectivity index (χ2n) is 6.58. The van der Waals surface area contributed by atoms with Crippen molar-refractivity contribution in [2.75, 3.05) is 27.4 Å². The zero-order valence-corrected chi connectivity index (χ0v) is 15.8. The van der Waals surface area contributed by atoms with Crippen LogP contribution in [0.15, 0.2) is 23.0 Å². The van der Waals surface area contributed by atoms with E-state index in [0.717, 1.165) is 11.1 Å². The van der Waals surface area contributed by atoms with Crippen molar-refractivity contribution in [3.8, 4) is 5.75 Å². The maximum absolute atomic E-state index is 12.3. The molecule has 1 heterocycles. The van der Waals surface area contributed by atoms with Gasteiger partial charge in [0.2, 0.25) is 0 Å². The zero-order chi connectivity index (χ0) is 19.4. The van der Waals surface area contributed by atoms with E-state index in [1.165, 1.54) is 7.11 Å². The summed E-state index contributed by atoms with van der Waals surface area (Å²) in [7, 11) is 3.03. The number of aromatic amines is 1. The third kappa shape index (κ3) is 4.19. The molecule has 1 aliphatic rings. The van der Waals surface area contributed by atoms with Crippen LogP contribution in [0.2, 0.25) is 0 Å². The van der Waals surface area contributed by atoms with Crippen molar-refractivity contribution in [1.82, 2.24) is 9.97 Å². The number of aryl methyl sites for hydroxylation is 1. The SMILES string of the molecule is COCCOc1cc2nc(C)[nH]c(=O)c2cc1C1=CCC(C(=O)OC)CC1. The Labute approximate surface area is 157 Å². The Bertz CT molecular complexity index is 932. The molecule has 27 heavy (non-hydrogen) atoms. The minimum absolute atomic E-state index is 0.121. The van der Waals surface area contributed by atoms with Crippen molar-refractivity contribution in [2.24, 2.45) is 5.92 Å². The number of esters is 1. The number of carbonyl (C=O) groups excluding carboxylic acids is 1. The molecule has 0 bridgehead atoms. The topological polar surface area (TPSA) is 90.5 Å². The van der Waals surface area contributed by atoms with Crippen LogP contribution in [0, 0.1) is 12.8 Å². The molecule has 0 spiro atoms. The molecule has 3 rings (SSSR count). The summed E-state index contributed by atoms with van der Waals surface area (Å²) in [5, 5.41) is 0.519. The first-order chi connectivity index (χ1) is 13.0. The van der Waals surface area contributed by atoms with Gasteiger partial charge in [0.25, 0.3) is 5.56 Å². The lowest BCUT2D eigenvalue weighted by molar-refractivity contribution is -0.145. The number of hydrogen-bond donors (Lipinski definition) is 1. The van der Waals surface area contributed by atoms with Gasteiger partial charge in [-0.2, -0.15) is 0 Å². The summed E-state index contributed by atoms with van der Waals surface area (Å²) in [6.07, 6.45) is 4.06. The van der Waals surface area contributed by atoms with Gasteiger partial charge in [0.1, 0.15) is 18.2 Å². The van der Waals surface area contributed by atoms with E-state index >= 15 is 0 Å². The number of aromatic nitrogens is 2. The monoisotopic (exact) mass is 372 g/mol. The number of hydrogen-bond acceptors (Lipinski definition) is 6. The van der Waals surface area contributed by atoms with Crippen LogP contribution in [0.25, 0.3) is 16.5 Å². The maximum Gasteiger partial charge on any atom is 0.308 e. The standard InChI is InChI=1S/C20H24N2O5/c1-12-21-17-11-18(27-9-8-25-2)15(10-16(17)19(23)22-12)13-4-6-14(7-5-13)20(24)26-3/h4,10-11,14H,5-9H2,1-3H3,(H,21,22,23). The van der Waals surface area contributed by atoms with Crippen LogP contribution in [0.1, 0.15) is 30.7 Å². The van der Waals surface area contributed by atoms with E-state index in [2.05, 4.69) is 9.97 Å². The highest BCUT2D eigenvalue weighted by molar-refractivity contribution is 5.87. The average molecular weight is 372 g/mol. The van der Waals surface area contributed by atoms with Gasteiger partial charge in [-0.15, -0.1) is 0 Å². The number of ether oxygens (including phenoxy) is 3. The Morgan fingerprint density at radius 2 is 2.11 bits per heavy atom. The normalized spacial score (nSPS) is 16.9. The Hall–Kier alpha value is -2.67. The summed E-state index contributed by atoms with van der Waals surface area (Å²) < 4.78 is 15.8. The lowest BCUT2D eigenvalue weighted by atomic mass is 9.86. The molecule has 0 radical (unpaired) electrons. The van der Waals surface area contributed by atoms with Crippen molar-refractivity contribution < 1.29 is 19.0 Å². The van der Waals surface area contributed by atoms with Crippen LogP contribution in [-0.2, 0) is 14.3 Å². The molecular weight excluding hydrogens is 348 g/mol. The molecule has 144 valence electrons. The van der Waals surface area contributed by atoms with Gasteiger partial charge in [-0.05, 0) is 37.8 Å². The van der Waals surface area contributed by atoms with Crippen molar-refractivity contribution in [3.63, 3.8) is 0 Å². The predicted molar refractivity (Wildman–Crippen MR) is 102 cm³/mol. The first kappa shape index (κ1) is 19.1. The van der Waals surface area contributed by atoms with E-state index in [-0.39, 0.29) is 17.4 Å². The van der Waals surface area contributed by atoms with Crippen molar-refractivity contribution >= 4 is 22.4 Å². The van der Waals surface area contributed by atoms with Gasteiger partial charge in [0.05, 0.1) is 30.5 Å². The van der Waals surface area contributed by atoms with Gasteiger partial charge in [0, 0.05) is 18.7 Å². The third-order valence-corrected chi connectivity index (χ3v) is 4.76. The first-order valence-corrected chi connectivity index (χ1v) is 8.97. The Kier molecular flexibility index (Phi) is 5.91. The lowest BCUT2D eigenvalue weighted by Crippen LogP contribution is -2.18. The first-order valence-electron chi connectivity index (χ1n) is 8.97. The second kappa shape index (κ2) is 8.35. The average Bonchev–Trinajstić information content (AvgIpc) is 2.67. The highest BCUT2D eigenvalue weighted by Crippen LogP contribution is 2.37. The second-order valence-corrected chi connectivity index (χ2v) is 6.58. The van der Waals surface area contributed by atoms with Crippen molar-refractivity contribution in [1.29, 1.82) is 0 Å². The van der Waals surface area contributed by atoms with E-state index in [1.807, 2.05) is 12.1 Å². The minimum atomic E-state index is -0.184. The minimum Gasteiger partial charge on any atom is -0.490 e. The van der Waals surface area contributed by atoms with Gasteiger partial charge in [-0.25, -0.2) is 4.98 Å². The molecule has 0 saturated heterocycles. The molecule has 1 atom stereocenters. The van der Waals surface area contributed by atoms with Gasteiger partial charge < -0.3 is 19.2 Å². The fraction of sp³-hybridized carbons (Fsp3) is 0.450. The molecule has 1 aromatic heterocycles. The van der Waals surface area contributed by atoms with Crippen LogP contribution in [-0.4, -0.2) is 43.4 Å². The van der Waals surface area contributed by atoms with E-state index < -0.39 is 0 Å². The van der Waals surface area contributed by atoms with Crippen LogP contribution in [0.3, 0.4) is 0 Å². The molecule has 2 aromatic rings. The number of carbonyl (C=O) groups is 1. The number of fused-ring (bicyclic) bond motifs is 1. The van der Waals surface area contributed by atoms with Crippen LogP contribution < -0.4 is 10.3 Å². The fourth-order valence-corrected chi connectivity index (χ4v) is 3.35. The Balaban J connectivity index is 2.01. The van der Waals surface area contributed by atoms with Gasteiger partial charge in [0.15, 0.2) is 0 Å². The molecule has 7 nitrogen and oxygen atoms in total. The number of methoxy groups -OCH3 is 2. The highest BCUT2D eigenvalue weighted by atomic mass is 16.5. The van der Waals surface area contributed by atoms with Crippen molar-refractivity contribution in [3.05, 3.63) is 40.0 Å². The van der Waals surface area contributed by atoms with Crippen molar-refractivity contribution in [2.45, 2.75) is 26.2 Å². The molecule has 0 saturated carbocycles. The summed E-state index contributed by atoms with van der Waals surface area (Å²) in [6.45, 7) is 2.61. The molecule has 0 fully saturated rings. The largest absolute Gasteiger partial charge is 0.490 e. The summed E-state index contributed by atoms with van der Waals surface area (Å²) >= 11 is 0. The lowest BCUT2D eigenvalue weighted by Gasteiger charge is -2.22. The molecule has 0 amide bonds. The zero-order valence-electron chi connectivity index (χ0n) is 15.8. The van der Waals surface area contributed by atoms with Gasteiger partial charge in [-0.1, -0.05) is 6.08 Å². The fourth-order valence-electron chi connectivity index (χ4n) is 3.35. The van der Waals surface area contributed by atoms with Gasteiger partial charge in [-0.3, -0.25) is 9.59 Å². The van der Waals surface area contributed by atoms with E-state index in [1.54, 1.807) is 20.1 Å². The van der Waals surface area contributed by atoms with Gasteiger partial charge >= 0.3 is 5.97 Å². The van der Waals surface area contributed by atoms with E-state index in [9.17, 15) is 9.59 Å². The summed E-state index contributed by atoms with van der Waals surface area (Å²) in [4.78, 5) is 31.3. The third-order valence-electron chi connectivity index (χ3n) is 4.76. The van der Waals surface area contributed by atoms with Crippen LogP contribution >= 0.6 is 0 Å². The number of rotatable bonds is 6. The van der Waals surface area contributed by atoms with E-state index in [4.69, 9.17) is 14.2 Å². The molecule has 7 heteroatoms. The Morgan fingerprint density at radius 1 is 1.30 bits per heavy atom. The maximum atomic E-state index is 12.3. The predicted octanol–water partition coefficient (Wildman–Crippen LogP) is 2.61.